The molecule has 0 saturated heterocycles. The number of hydrogen-bond donors (Lipinski definition) is 1. The number of pyridine rings is 1. The van der Waals surface area contributed by atoms with E-state index < -0.39 is 0 Å². The highest BCUT2D eigenvalue weighted by molar-refractivity contribution is 5.96. The topological polar surface area (TPSA) is 69.0 Å². The van der Waals surface area contributed by atoms with Crippen molar-refractivity contribution >= 4 is 5.91 Å². The van der Waals surface area contributed by atoms with E-state index in [0.29, 0.717) is 24.3 Å². The molecule has 6 heteroatoms. The van der Waals surface area contributed by atoms with Gasteiger partial charge in [-0.05, 0) is 48.4 Å². The Bertz CT molecular complexity index is 1080. The maximum absolute atomic E-state index is 12.6. The Labute approximate surface area is 168 Å². The van der Waals surface area contributed by atoms with Crippen LogP contribution in [0.25, 0.3) is 5.69 Å². The van der Waals surface area contributed by atoms with E-state index in [0.717, 1.165) is 11.3 Å². The van der Waals surface area contributed by atoms with E-state index in [1.54, 1.807) is 18.3 Å². The van der Waals surface area contributed by atoms with Gasteiger partial charge in [0, 0.05) is 18.9 Å². The van der Waals surface area contributed by atoms with Crippen molar-refractivity contribution in [3.8, 4) is 17.3 Å². The zero-order chi connectivity index (χ0) is 19.9. The lowest BCUT2D eigenvalue weighted by atomic mass is 10.2. The summed E-state index contributed by atoms with van der Waals surface area (Å²) in [6.45, 7) is 0.485. The van der Waals surface area contributed by atoms with E-state index in [9.17, 15) is 4.79 Å². The average Bonchev–Trinajstić information content (AvgIpc) is 3.24. The molecule has 1 N–H and O–H groups in total. The smallest absolute Gasteiger partial charge is 0.256 e. The lowest BCUT2D eigenvalue weighted by molar-refractivity contribution is 0.0951. The van der Waals surface area contributed by atoms with Gasteiger partial charge in [0.1, 0.15) is 11.3 Å². The molecule has 1 amide bonds. The second-order valence-corrected chi connectivity index (χ2v) is 6.41. The first-order valence-electron chi connectivity index (χ1n) is 9.35. The molecule has 144 valence electrons. The molecule has 0 unspecified atom stereocenters. The van der Waals surface area contributed by atoms with Gasteiger partial charge in [0.15, 0.2) is 0 Å². The lowest BCUT2D eigenvalue weighted by Gasteiger charge is -2.10. The molecule has 0 saturated carbocycles. The Morgan fingerprint density at radius 3 is 2.52 bits per heavy atom. The molecule has 0 fully saturated rings. The zero-order valence-corrected chi connectivity index (χ0v) is 15.7. The van der Waals surface area contributed by atoms with Crippen LogP contribution in [0.2, 0.25) is 0 Å². The monoisotopic (exact) mass is 384 g/mol. The first-order valence-corrected chi connectivity index (χ1v) is 9.35. The highest BCUT2D eigenvalue weighted by Gasteiger charge is 2.14. The molecule has 6 nitrogen and oxygen atoms in total. The number of benzene rings is 2. The van der Waals surface area contributed by atoms with Gasteiger partial charge in [0.05, 0.1) is 11.9 Å². The third kappa shape index (κ3) is 4.68. The summed E-state index contributed by atoms with van der Waals surface area (Å²) < 4.78 is 7.59. The van der Waals surface area contributed by atoms with Crippen molar-refractivity contribution in [3.05, 3.63) is 103 Å². The number of amides is 1. The maximum atomic E-state index is 12.6. The Balaban J connectivity index is 1.36. The molecule has 2 aromatic heterocycles. The Hall–Kier alpha value is -3.93. The SMILES string of the molecule is O=C(NCCc1cnn(-c2ccccc2)c1)c1cccnc1Oc1ccccc1. The average molecular weight is 384 g/mol. The minimum atomic E-state index is -0.223. The second kappa shape index (κ2) is 8.84. The first-order chi connectivity index (χ1) is 14.3. The number of rotatable bonds is 7. The van der Waals surface area contributed by atoms with Crippen LogP contribution in [0.5, 0.6) is 11.6 Å². The highest BCUT2D eigenvalue weighted by atomic mass is 16.5. The molecular formula is C23H20N4O2. The van der Waals surface area contributed by atoms with Crippen molar-refractivity contribution < 1.29 is 9.53 Å². The summed E-state index contributed by atoms with van der Waals surface area (Å²) >= 11 is 0. The minimum Gasteiger partial charge on any atom is -0.438 e. The standard InChI is InChI=1S/C23H20N4O2/c28-22(21-12-7-14-25-23(21)29-20-10-5-2-6-11-20)24-15-13-18-16-26-27(17-18)19-8-3-1-4-9-19/h1-12,14,16-17H,13,15H2,(H,24,28). The van der Waals surface area contributed by atoms with Gasteiger partial charge in [-0.1, -0.05) is 36.4 Å². The molecule has 0 spiro atoms. The first kappa shape index (κ1) is 18.4. The summed E-state index contributed by atoms with van der Waals surface area (Å²) in [4.78, 5) is 16.8. The molecule has 29 heavy (non-hydrogen) atoms. The fraction of sp³-hybridized carbons (Fsp3) is 0.0870. The van der Waals surface area contributed by atoms with Gasteiger partial charge in [-0.2, -0.15) is 5.10 Å². The van der Waals surface area contributed by atoms with Gasteiger partial charge >= 0.3 is 0 Å². The lowest BCUT2D eigenvalue weighted by Crippen LogP contribution is -2.26. The van der Waals surface area contributed by atoms with Gasteiger partial charge in [-0.25, -0.2) is 9.67 Å². The Morgan fingerprint density at radius 1 is 0.966 bits per heavy atom. The van der Waals surface area contributed by atoms with Crippen molar-refractivity contribution in [3.63, 3.8) is 0 Å². The molecule has 2 heterocycles. The van der Waals surface area contributed by atoms with Crippen LogP contribution in [0.3, 0.4) is 0 Å². The van der Waals surface area contributed by atoms with Crippen molar-refractivity contribution in [1.29, 1.82) is 0 Å². The van der Waals surface area contributed by atoms with Gasteiger partial charge < -0.3 is 10.1 Å². The molecule has 2 aromatic carbocycles. The van der Waals surface area contributed by atoms with Crippen LogP contribution in [0.1, 0.15) is 15.9 Å². The van der Waals surface area contributed by atoms with Crippen molar-refractivity contribution in [2.24, 2.45) is 0 Å². The van der Waals surface area contributed by atoms with Crippen LogP contribution >= 0.6 is 0 Å². The molecule has 0 aliphatic heterocycles. The number of nitrogens with zero attached hydrogens (tertiary/aromatic N) is 3. The number of carbonyl (C=O) groups is 1. The van der Waals surface area contributed by atoms with E-state index >= 15 is 0 Å². The number of hydrogen-bond acceptors (Lipinski definition) is 4. The van der Waals surface area contributed by atoms with E-state index in [1.807, 2.05) is 77.7 Å². The summed E-state index contributed by atoms with van der Waals surface area (Å²) in [5, 5.41) is 7.30. The molecule has 0 radical (unpaired) electrons. The summed E-state index contributed by atoms with van der Waals surface area (Å²) in [6, 6.07) is 22.6. The summed E-state index contributed by atoms with van der Waals surface area (Å²) in [6.07, 6.45) is 6.06. The minimum absolute atomic E-state index is 0.223. The van der Waals surface area contributed by atoms with Gasteiger partial charge in [0.25, 0.3) is 5.91 Å². The summed E-state index contributed by atoms with van der Waals surface area (Å²) in [7, 11) is 0. The summed E-state index contributed by atoms with van der Waals surface area (Å²) in [5.74, 6) is 0.696. The van der Waals surface area contributed by atoms with Gasteiger partial charge in [-0.15, -0.1) is 0 Å². The van der Waals surface area contributed by atoms with Gasteiger partial charge in [-0.3, -0.25) is 4.79 Å². The number of ether oxygens (including phenoxy) is 1. The van der Waals surface area contributed by atoms with Crippen molar-refractivity contribution in [1.82, 2.24) is 20.1 Å². The zero-order valence-electron chi connectivity index (χ0n) is 15.7. The van der Waals surface area contributed by atoms with Crippen LogP contribution in [0.4, 0.5) is 0 Å². The number of carbonyl (C=O) groups excluding carboxylic acids is 1. The number of aromatic nitrogens is 3. The van der Waals surface area contributed by atoms with E-state index in [1.165, 1.54) is 0 Å². The third-order valence-electron chi connectivity index (χ3n) is 4.33. The maximum Gasteiger partial charge on any atom is 0.256 e. The predicted molar refractivity (Wildman–Crippen MR) is 110 cm³/mol. The van der Waals surface area contributed by atoms with Crippen LogP contribution in [-0.4, -0.2) is 27.2 Å². The quantitative estimate of drug-likeness (QED) is 0.522. The van der Waals surface area contributed by atoms with Gasteiger partial charge in [0.2, 0.25) is 5.88 Å². The Morgan fingerprint density at radius 2 is 1.72 bits per heavy atom. The number of para-hydroxylation sites is 2. The third-order valence-corrected chi connectivity index (χ3v) is 4.33. The van der Waals surface area contributed by atoms with E-state index in [2.05, 4.69) is 15.4 Å². The second-order valence-electron chi connectivity index (χ2n) is 6.41. The largest absolute Gasteiger partial charge is 0.438 e. The molecule has 4 rings (SSSR count). The molecule has 0 atom stereocenters. The fourth-order valence-corrected chi connectivity index (χ4v) is 2.87. The van der Waals surface area contributed by atoms with E-state index in [4.69, 9.17) is 4.74 Å². The van der Waals surface area contributed by atoms with Crippen molar-refractivity contribution in [2.75, 3.05) is 6.54 Å². The normalized spacial score (nSPS) is 10.5. The predicted octanol–water partition coefficient (Wildman–Crippen LogP) is 4.03. The van der Waals surface area contributed by atoms with Crippen LogP contribution in [-0.2, 0) is 6.42 Å². The van der Waals surface area contributed by atoms with E-state index in [-0.39, 0.29) is 11.8 Å². The van der Waals surface area contributed by atoms with Crippen LogP contribution in [0, 0.1) is 0 Å². The highest BCUT2D eigenvalue weighted by Crippen LogP contribution is 2.22. The molecule has 4 aromatic rings. The van der Waals surface area contributed by atoms with Crippen molar-refractivity contribution in [2.45, 2.75) is 6.42 Å². The molecule has 0 aliphatic rings. The molecular weight excluding hydrogens is 364 g/mol. The Kier molecular flexibility index (Phi) is 5.62. The van der Waals surface area contributed by atoms with Crippen LogP contribution < -0.4 is 10.1 Å². The number of nitrogens with one attached hydrogen (secondary N) is 1. The summed E-state index contributed by atoms with van der Waals surface area (Å²) in [5.41, 5.74) is 2.44. The fourth-order valence-electron chi connectivity index (χ4n) is 2.87. The van der Waals surface area contributed by atoms with Crippen LogP contribution in [0.15, 0.2) is 91.4 Å². The molecule has 0 bridgehead atoms. The molecule has 0 aliphatic carbocycles.